The number of aryl methyl sites for hydroxylation is 1. The van der Waals surface area contributed by atoms with Crippen LogP contribution in [0.4, 0.5) is 9.59 Å². The second-order valence-corrected chi connectivity index (χ2v) is 8.37. The molecular formula is C27H29N3O4. The van der Waals surface area contributed by atoms with E-state index < -0.39 is 12.2 Å². The molecule has 0 bridgehead atoms. The van der Waals surface area contributed by atoms with E-state index in [1.165, 1.54) is 0 Å². The molecule has 2 aromatic carbocycles. The second-order valence-electron chi connectivity index (χ2n) is 8.37. The summed E-state index contributed by atoms with van der Waals surface area (Å²) in [4.78, 5) is 29.6. The number of hydrazine groups is 1. The van der Waals surface area contributed by atoms with Crippen molar-refractivity contribution in [2.75, 3.05) is 0 Å². The summed E-state index contributed by atoms with van der Waals surface area (Å²) in [6.07, 6.45) is -0.500. The molecule has 176 valence electrons. The van der Waals surface area contributed by atoms with Crippen LogP contribution in [0.3, 0.4) is 0 Å². The van der Waals surface area contributed by atoms with Crippen LogP contribution in [0.25, 0.3) is 10.9 Å². The van der Waals surface area contributed by atoms with Crippen LogP contribution >= 0.6 is 0 Å². The van der Waals surface area contributed by atoms with Crippen molar-refractivity contribution in [1.29, 1.82) is 0 Å². The van der Waals surface area contributed by atoms with Gasteiger partial charge in [-0.2, -0.15) is 0 Å². The van der Waals surface area contributed by atoms with E-state index in [0.29, 0.717) is 16.6 Å². The average molecular weight is 460 g/mol. The van der Waals surface area contributed by atoms with Gasteiger partial charge in [0.15, 0.2) is 0 Å². The van der Waals surface area contributed by atoms with Gasteiger partial charge >= 0.3 is 12.2 Å². The molecule has 0 aliphatic carbocycles. The average Bonchev–Trinajstić information content (AvgIpc) is 2.78. The predicted octanol–water partition coefficient (Wildman–Crippen LogP) is 5.34. The first-order valence-corrected chi connectivity index (χ1v) is 11.1. The number of nitrogens with one attached hydrogen (secondary N) is 1. The van der Waals surface area contributed by atoms with Gasteiger partial charge in [0.05, 0.1) is 24.3 Å². The Morgan fingerprint density at radius 2 is 1.68 bits per heavy atom. The van der Waals surface area contributed by atoms with Crippen LogP contribution < -0.4 is 5.43 Å². The molecule has 34 heavy (non-hydrogen) atoms. The highest BCUT2D eigenvalue weighted by molar-refractivity contribution is 5.84. The number of ether oxygens (including phenoxy) is 2. The normalized spacial score (nSPS) is 10.6. The molecule has 0 aliphatic heterocycles. The minimum Gasteiger partial charge on any atom is -0.446 e. The molecule has 0 aliphatic rings. The molecule has 1 heterocycles. The fourth-order valence-electron chi connectivity index (χ4n) is 3.18. The highest BCUT2D eigenvalue weighted by atomic mass is 16.6. The second kappa shape index (κ2) is 11.2. The lowest BCUT2D eigenvalue weighted by Gasteiger charge is -2.25. The van der Waals surface area contributed by atoms with Gasteiger partial charge in [-0.15, -0.1) is 0 Å². The first-order valence-electron chi connectivity index (χ1n) is 11.1. The Hall–Kier alpha value is -4.05. The maximum Gasteiger partial charge on any atom is 0.429 e. The molecule has 0 atom stereocenters. The first kappa shape index (κ1) is 24.6. The summed E-state index contributed by atoms with van der Waals surface area (Å²) < 4.78 is 10.5. The molecule has 3 rings (SSSR count). The lowest BCUT2D eigenvalue weighted by Crippen LogP contribution is -2.47. The number of hydrogen-bond acceptors (Lipinski definition) is 5. The molecule has 0 radical (unpaired) electrons. The minimum absolute atomic E-state index is 0.00892. The van der Waals surface area contributed by atoms with E-state index in [1.54, 1.807) is 33.9 Å². The number of rotatable bonds is 4. The monoisotopic (exact) mass is 459 g/mol. The predicted molar refractivity (Wildman–Crippen MR) is 131 cm³/mol. The molecule has 0 unspecified atom stereocenters. The number of pyridine rings is 1. The number of fused-ring (bicyclic) bond motifs is 1. The zero-order chi connectivity index (χ0) is 24.7. The Balaban J connectivity index is 2.03. The van der Waals surface area contributed by atoms with Gasteiger partial charge in [-0.1, -0.05) is 41.7 Å². The standard InChI is InChI=1S/C27H29N3O4/c1-18(2)33-26(31)29-30(27(32)34-19(3)4)17-24-22(13-12-21-10-8-20(5)9-11-21)14-15-23-7-6-16-28-25(23)24/h6-11,14-16,18-19H,17H2,1-5H3,(H,29,31). The van der Waals surface area contributed by atoms with E-state index in [9.17, 15) is 9.59 Å². The van der Waals surface area contributed by atoms with Gasteiger partial charge in [0, 0.05) is 28.3 Å². The van der Waals surface area contributed by atoms with E-state index in [2.05, 4.69) is 22.3 Å². The lowest BCUT2D eigenvalue weighted by atomic mass is 10.0. The van der Waals surface area contributed by atoms with Crippen molar-refractivity contribution >= 4 is 23.1 Å². The first-order chi connectivity index (χ1) is 16.2. The van der Waals surface area contributed by atoms with Gasteiger partial charge < -0.3 is 9.47 Å². The van der Waals surface area contributed by atoms with Gasteiger partial charge in [-0.3, -0.25) is 4.98 Å². The van der Waals surface area contributed by atoms with Crippen LogP contribution in [0.2, 0.25) is 0 Å². The topological polar surface area (TPSA) is 80.8 Å². The number of hydrogen-bond donors (Lipinski definition) is 1. The molecule has 2 amide bonds. The Morgan fingerprint density at radius 1 is 0.971 bits per heavy atom. The van der Waals surface area contributed by atoms with Crippen LogP contribution in [0.5, 0.6) is 0 Å². The number of nitrogens with zero attached hydrogens (tertiary/aromatic N) is 2. The lowest BCUT2D eigenvalue weighted by molar-refractivity contribution is 0.0445. The number of carbonyl (C=O) groups is 2. The molecule has 7 heteroatoms. The van der Waals surface area contributed by atoms with E-state index >= 15 is 0 Å². The Morgan fingerprint density at radius 3 is 2.35 bits per heavy atom. The molecule has 1 N–H and O–H groups in total. The van der Waals surface area contributed by atoms with Crippen LogP contribution in [0.1, 0.15) is 49.9 Å². The third-order valence-electron chi connectivity index (χ3n) is 4.71. The van der Waals surface area contributed by atoms with Gasteiger partial charge in [0.25, 0.3) is 0 Å². The smallest absolute Gasteiger partial charge is 0.429 e. The molecule has 0 spiro atoms. The summed E-state index contributed by atoms with van der Waals surface area (Å²) in [6.45, 7) is 8.94. The van der Waals surface area contributed by atoms with E-state index in [4.69, 9.17) is 9.47 Å². The number of benzene rings is 2. The van der Waals surface area contributed by atoms with Crippen molar-refractivity contribution in [3.05, 3.63) is 77.0 Å². The van der Waals surface area contributed by atoms with Crippen molar-refractivity contribution in [2.24, 2.45) is 0 Å². The number of amides is 2. The molecule has 0 saturated heterocycles. The number of aromatic nitrogens is 1. The number of carbonyl (C=O) groups excluding carboxylic acids is 2. The summed E-state index contributed by atoms with van der Waals surface area (Å²) in [5.74, 6) is 6.37. The van der Waals surface area contributed by atoms with Crippen molar-refractivity contribution in [3.63, 3.8) is 0 Å². The summed E-state index contributed by atoms with van der Waals surface area (Å²) in [7, 11) is 0. The van der Waals surface area contributed by atoms with Crippen LogP contribution in [0.15, 0.2) is 54.7 Å². The van der Waals surface area contributed by atoms with Crippen LogP contribution in [-0.4, -0.2) is 34.4 Å². The zero-order valence-electron chi connectivity index (χ0n) is 20.1. The highest BCUT2D eigenvalue weighted by Crippen LogP contribution is 2.22. The largest absolute Gasteiger partial charge is 0.446 e. The quantitative estimate of drug-likeness (QED) is 0.421. The van der Waals surface area contributed by atoms with Gasteiger partial charge in [-0.05, 0) is 58.9 Å². The van der Waals surface area contributed by atoms with Crippen molar-refractivity contribution in [1.82, 2.24) is 15.4 Å². The molecule has 0 fully saturated rings. The molecule has 7 nitrogen and oxygen atoms in total. The minimum atomic E-state index is -0.754. The highest BCUT2D eigenvalue weighted by Gasteiger charge is 2.23. The fraction of sp³-hybridized carbons (Fsp3) is 0.296. The zero-order valence-corrected chi connectivity index (χ0v) is 20.1. The Kier molecular flexibility index (Phi) is 8.10. The maximum absolute atomic E-state index is 12.8. The van der Waals surface area contributed by atoms with Crippen molar-refractivity contribution in [3.8, 4) is 11.8 Å². The van der Waals surface area contributed by atoms with E-state index in [1.807, 2.05) is 55.5 Å². The summed E-state index contributed by atoms with van der Waals surface area (Å²) in [5, 5.41) is 1.98. The SMILES string of the molecule is Cc1ccc(C#Cc2ccc3cccnc3c2CN(NC(=O)OC(C)C)C(=O)OC(C)C)cc1. The van der Waals surface area contributed by atoms with E-state index in [-0.39, 0.29) is 18.8 Å². The van der Waals surface area contributed by atoms with Gasteiger partial charge in [0.2, 0.25) is 0 Å². The van der Waals surface area contributed by atoms with Crippen LogP contribution in [0, 0.1) is 18.8 Å². The summed E-state index contributed by atoms with van der Waals surface area (Å²) in [5.41, 5.74) is 6.57. The fourth-order valence-corrected chi connectivity index (χ4v) is 3.18. The van der Waals surface area contributed by atoms with Gasteiger partial charge in [0.1, 0.15) is 0 Å². The summed E-state index contributed by atoms with van der Waals surface area (Å²) in [6, 6.07) is 15.5. The third-order valence-corrected chi connectivity index (χ3v) is 4.71. The van der Waals surface area contributed by atoms with Crippen molar-refractivity contribution < 1.29 is 19.1 Å². The Bertz CT molecular complexity index is 1220. The van der Waals surface area contributed by atoms with Gasteiger partial charge in [-0.25, -0.2) is 20.0 Å². The van der Waals surface area contributed by atoms with Crippen molar-refractivity contribution in [2.45, 2.75) is 53.4 Å². The molecular weight excluding hydrogens is 430 g/mol. The maximum atomic E-state index is 12.8. The third kappa shape index (κ3) is 6.72. The molecule has 1 aromatic heterocycles. The summed E-state index contributed by atoms with van der Waals surface area (Å²) >= 11 is 0. The van der Waals surface area contributed by atoms with Crippen LogP contribution in [-0.2, 0) is 16.0 Å². The van der Waals surface area contributed by atoms with E-state index in [0.717, 1.165) is 21.5 Å². The molecule has 3 aromatic rings. The molecule has 0 saturated carbocycles. The Labute approximate surface area is 200 Å².